The van der Waals surface area contributed by atoms with Crippen LogP contribution in [0.5, 0.6) is 0 Å². The molecule has 0 aliphatic carbocycles. The second-order valence-corrected chi connectivity index (χ2v) is 2.24. The van der Waals surface area contributed by atoms with Crippen LogP contribution in [0, 0.1) is 0 Å². The van der Waals surface area contributed by atoms with Gasteiger partial charge in [-0.25, -0.2) is 0 Å². The summed E-state index contributed by atoms with van der Waals surface area (Å²) in [5.74, 6) is 0. The molecule has 54 valence electrons. The van der Waals surface area contributed by atoms with Gasteiger partial charge in [0, 0.05) is 11.9 Å². The highest BCUT2D eigenvalue weighted by molar-refractivity contribution is 5.62. The number of nitrogens with two attached hydrogens (primary N) is 2. The van der Waals surface area contributed by atoms with Crippen LogP contribution < -0.4 is 11.5 Å². The van der Waals surface area contributed by atoms with E-state index in [1.54, 1.807) is 18.3 Å². The predicted molar refractivity (Wildman–Crippen MR) is 43.0 cm³/mol. The first-order chi connectivity index (χ1) is 4.70. The molecule has 0 aromatic carbocycles. The molecule has 1 rings (SSSR count). The van der Waals surface area contributed by atoms with Gasteiger partial charge in [-0.2, -0.15) is 0 Å². The largest absolute Gasteiger partial charge is 0.402 e. The Hall–Kier alpha value is -1.38. The molecule has 0 bridgehead atoms. The summed E-state index contributed by atoms with van der Waals surface area (Å²) in [6.07, 6.45) is 3.58. The number of hydrogen-bond donors (Lipinski definition) is 3. The molecule has 0 saturated carbocycles. The molecule has 1 aromatic rings. The Kier molecular flexibility index (Phi) is 1.67. The summed E-state index contributed by atoms with van der Waals surface area (Å²) in [6, 6.07) is 1.80. The average Bonchev–Trinajstić information content (AvgIpc) is 2.15. The zero-order chi connectivity index (χ0) is 7.56. The highest BCUT2D eigenvalue weighted by Gasteiger charge is 1.93. The lowest BCUT2D eigenvalue weighted by molar-refractivity contribution is 1.31. The summed E-state index contributed by atoms with van der Waals surface area (Å²) in [5.41, 5.74) is 13.3. The lowest BCUT2D eigenvalue weighted by Crippen LogP contribution is -1.91. The molecule has 0 amide bonds. The second kappa shape index (κ2) is 2.47. The maximum atomic E-state index is 5.56. The van der Waals surface area contributed by atoms with Gasteiger partial charge in [0.2, 0.25) is 0 Å². The molecule has 0 spiro atoms. The van der Waals surface area contributed by atoms with Crippen LogP contribution in [0.4, 0.5) is 5.69 Å². The van der Waals surface area contributed by atoms with Crippen molar-refractivity contribution in [2.24, 2.45) is 5.73 Å². The van der Waals surface area contributed by atoms with Crippen LogP contribution >= 0.6 is 0 Å². The van der Waals surface area contributed by atoms with Crippen molar-refractivity contribution < 1.29 is 0 Å². The van der Waals surface area contributed by atoms with Crippen LogP contribution in [0.3, 0.4) is 0 Å². The Morgan fingerprint density at radius 1 is 1.70 bits per heavy atom. The van der Waals surface area contributed by atoms with E-state index in [9.17, 15) is 0 Å². The van der Waals surface area contributed by atoms with Crippen LogP contribution in [0.15, 0.2) is 18.0 Å². The van der Waals surface area contributed by atoms with E-state index in [-0.39, 0.29) is 0 Å². The third-order valence-corrected chi connectivity index (χ3v) is 1.18. The minimum absolute atomic E-state index is 0.727. The van der Waals surface area contributed by atoms with E-state index in [1.165, 1.54) is 0 Å². The van der Waals surface area contributed by atoms with Crippen LogP contribution in [-0.2, 0) is 0 Å². The van der Waals surface area contributed by atoms with Crippen molar-refractivity contribution in [2.45, 2.75) is 6.92 Å². The van der Waals surface area contributed by atoms with Crippen molar-refractivity contribution in [3.8, 4) is 0 Å². The molecular formula is C7H11N3. The first-order valence-electron chi connectivity index (χ1n) is 3.07. The van der Waals surface area contributed by atoms with Gasteiger partial charge in [0.25, 0.3) is 0 Å². The fourth-order valence-electron chi connectivity index (χ4n) is 0.747. The summed E-state index contributed by atoms with van der Waals surface area (Å²) in [4.78, 5) is 2.96. The fourth-order valence-corrected chi connectivity index (χ4v) is 0.747. The molecule has 0 atom stereocenters. The van der Waals surface area contributed by atoms with E-state index in [2.05, 4.69) is 4.98 Å². The third-order valence-electron chi connectivity index (χ3n) is 1.18. The van der Waals surface area contributed by atoms with Gasteiger partial charge in [0.15, 0.2) is 0 Å². The lowest BCUT2D eigenvalue weighted by Gasteiger charge is -1.91. The van der Waals surface area contributed by atoms with Gasteiger partial charge in [0.1, 0.15) is 0 Å². The summed E-state index contributed by atoms with van der Waals surface area (Å²) >= 11 is 0. The van der Waals surface area contributed by atoms with Crippen molar-refractivity contribution in [2.75, 3.05) is 5.73 Å². The zero-order valence-corrected chi connectivity index (χ0v) is 5.89. The lowest BCUT2D eigenvalue weighted by atomic mass is 10.3. The van der Waals surface area contributed by atoms with E-state index in [1.807, 2.05) is 6.92 Å². The number of anilines is 1. The molecule has 1 aromatic heterocycles. The van der Waals surface area contributed by atoms with E-state index < -0.39 is 0 Å². The number of allylic oxidation sites excluding steroid dienone is 1. The van der Waals surface area contributed by atoms with Gasteiger partial charge in [-0.1, -0.05) is 0 Å². The minimum atomic E-state index is 0.727. The van der Waals surface area contributed by atoms with Crippen molar-refractivity contribution in [1.29, 1.82) is 0 Å². The average molecular weight is 137 g/mol. The molecule has 1 heterocycles. The topological polar surface area (TPSA) is 67.8 Å². The Morgan fingerprint density at radius 3 is 2.80 bits per heavy atom. The number of hydrogen-bond acceptors (Lipinski definition) is 2. The monoisotopic (exact) mass is 137 g/mol. The molecule has 3 nitrogen and oxygen atoms in total. The van der Waals surface area contributed by atoms with E-state index in [0.717, 1.165) is 17.1 Å². The summed E-state index contributed by atoms with van der Waals surface area (Å²) in [7, 11) is 0. The Balaban J connectivity index is 2.95. The zero-order valence-electron chi connectivity index (χ0n) is 5.89. The van der Waals surface area contributed by atoms with E-state index in [0.29, 0.717) is 0 Å². The SMILES string of the molecule is C/C(N)=C/c1[nH]ccc1N. The molecule has 3 heteroatoms. The van der Waals surface area contributed by atoms with Gasteiger partial charge in [-0.3, -0.25) is 0 Å². The van der Waals surface area contributed by atoms with Crippen molar-refractivity contribution in [3.05, 3.63) is 23.7 Å². The van der Waals surface area contributed by atoms with E-state index >= 15 is 0 Å². The normalized spacial score (nSPS) is 11.9. The van der Waals surface area contributed by atoms with Crippen molar-refractivity contribution in [3.63, 3.8) is 0 Å². The molecule has 5 N–H and O–H groups in total. The van der Waals surface area contributed by atoms with Crippen LogP contribution in [0.1, 0.15) is 12.6 Å². The third kappa shape index (κ3) is 1.31. The highest BCUT2D eigenvalue weighted by Crippen LogP contribution is 2.10. The van der Waals surface area contributed by atoms with Crippen LogP contribution in [0.2, 0.25) is 0 Å². The molecule has 0 unspecified atom stereocenters. The first kappa shape index (κ1) is 6.74. The minimum Gasteiger partial charge on any atom is -0.402 e. The number of rotatable bonds is 1. The summed E-state index contributed by atoms with van der Waals surface area (Å²) in [6.45, 7) is 1.82. The molecule has 0 aliphatic rings. The standard InChI is InChI=1S/C7H11N3/c1-5(8)4-7-6(9)2-3-10-7/h2-4,10H,8-9H2,1H3/b5-4-. The fraction of sp³-hybridized carbons (Fsp3) is 0.143. The van der Waals surface area contributed by atoms with Crippen molar-refractivity contribution in [1.82, 2.24) is 4.98 Å². The molecule has 0 aliphatic heterocycles. The summed E-state index contributed by atoms with van der Waals surface area (Å²) in [5, 5.41) is 0. The van der Waals surface area contributed by atoms with Gasteiger partial charge in [-0.15, -0.1) is 0 Å². The predicted octanol–water partition coefficient (Wildman–Crippen LogP) is 0.916. The van der Waals surface area contributed by atoms with Crippen LogP contribution in [-0.4, -0.2) is 4.98 Å². The summed E-state index contributed by atoms with van der Waals surface area (Å²) < 4.78 is 0. The van der Waals surface area contributed by atoms with Crippen molar-refractivity contribution >= 4 is 11.8 Å². The smallest absolute Gasteiger partial charge is 0.0631 e. The Bertz CT molecular complexity index is 243. The van der Waals surface area contributed by atoms with Crippen LogP contribution in [0.25, 0.3) is 6.08 Å². The quantitative estimate of drug-likeness (QED) is 0.538. The second-order valence-electron chi connectivity index (χ2n) is 2.24. The van der Waals surface area contributed by atoms with Gasteiger partial charge in [-0.05, 0) is 19.1 Å². The van der Waals surface area contributed by atoms with Gasteiger partial charge >= 0.3 is 0 Å². The first-order valence-corrected chi connectivity index (χ1v) is 3.07. The molecule has 0 saturated heterocycles. The number of H-pyrrole nitrogens is 1. The maximum absolute atomic E-state index is 5.56. The molecule has 0 radical (unpaired) electrons. The van der Waals surface area contributed by atoms with Gasteiger partial charge in [0.05, 0.1) is 11.4 Å². The van der Waals surface area contributed by atoms with E-state index in [4.69, 9.17) is 11.5 Å². The maximum Gasteiger partial charge on any atom is 0.0631 e. The Morgan fingerprint density at radius 2 is 2.40 bits per heavy atom. The number of aromatic nitrogens is 1. The molecule has 10 heavy (non-hydrogen) atoms. The van der Waals surface area contributed by atoms with Gasteiger partial charge < -0.3 is 16.5 Å². The number of nitrogens with one attached hydrogen (secondary N) is 1. The molecule has 0 fully saturated rings. The number of aromatic amines is 1. The Labute approximate surface area is 59.7 Å². The highest BCUT2D eigenvalue weighted by atomic mass is 14.7. The number of nitrogen functional groups attached to an aromatic ring is 1. The molecular weight excluding hydrogens is 126 g/mol.